The second kappa shape index (κ2) is 5.19. The summed E-state index contributed by atoms with van der Waals surface area (Å²) in [6.45, 7) is 0. The van der Waals surface area contributed by atoms with Crippen LogP contribution in [0.1, 0.15) is 45.2 Å². The normalized spacial score (nSPS) is 19.4. The van der Waals surface area contributed by atoms with Gasteiger partial charge in [-0.25, -0.2) is 0 Å². The van der Waals surface area contributed by atoms with E-state index in [1.165, 1.54) is 44.2 Å². The summed E-state index contributed by atoms with van der Waals surface area (Å²) in [5, 5.41) is 2.87. The van der Waals surface area contributed by atoms with E-state index in [1.807, 2.05) is 0 Å². The average molecular weight is 330 g/mol. The second-order valence-electron chi connectivity index (χ2n) is 7.38. The molecule has 0 bridgehead atoms. The van der Waals surface area contributed by atoms with Crippen molar-refractivity contribution in [3.8, 4) is 0 Å². The van der Waals surface area contributed by atoms with E-state index < -0.39 is 0 Å². The third-order valence-corrected chi connectivity index (χ3v) is 6.02. The molecule has 0 aliphatic heterocycles. The predicted molar refractivity (Wildman–Crippen MR) is 109 cm³/mol. The van der Waals surface area contributed by atoms with Gasteiger partial charge in [-0.05, 0) is 44.2 Å². The SMILES string of the molecule is C(=C\c1ccc2c(c1)C1c3cccc4cccc(c34)C21)/c1ccccc1. The van der Waals surface area contributed by atoms with Crippen LogP contribution in [0.2, 0.25) is 0 Å². The molecule has 0 aromatic heterocycles. The molecule has 0 nitrogen and oxygen atoms in total. The Kier molecular flexibility index (Phi) is 2.81. The van der Waals surface area contributed by atoms with Gasteiger partial charge in [0.2, 0.25) is 0 Å². The van der Waals surface area contributed by atoms with Gasteiger partial charge in [0.15, 0.2) is 0 Å². The van der Waals surface area contributed by atoms with Gasteiger partial charge < -0.3 is 0 Å². The molecule has 0 heterocycles. The molecule has 0 saturated heterocycles. The minimum absolute atomic E-state index is 0.538. The van der Waals surface area contributed by atoms with Gasteiger partial charge in [0.05, 0.1) is 0 Å². The largest absolute Gasteiger partial charge is 0.0622 e. The van der Waals surface area contributed by atoms with E-state index in [1.54, 1.807) is 0 Å². The van der Waals surface area contributed by atoms with Gasteiger partial charge >= 0.3 is 0 Å². The fourth-order valence-electron chi connectivity index (χ4n) is 4.88. The van der Waals surface area contributed by atoms with Crippen molar-refractivity contribution in [2.45, 2.75) is 11.8 Å². The Labute approximate surface area is 153 Å². The summed E-state index contributed by atoms with van der Waals surface area (Å²) in [6.07, 6.45) is 4.42. The molecule has 2 unspecified atom stereocenters. The smallest absolute Gasteiger partial charge is 0.0208 e. The van der Waals surface area contributed by atoms with E-state index in [0.29, 0.717) is 11.8 Å². The Bertz CT molecular complexity index is 1180. The first kappa shape index (κ1) is 14.1. The molecule has 0 heteroatoms. The lowest BCUT2D eigenvalue weighted by Gasteiger charge is -2.36. The van der Waals surface area contributed by atoms with Gasteiger partial charge in [-0.3, -0.25) is 0 Å². The van der Waals surface area contributed by atoms with Crippen LogP contribution in [-0.4, -0.2) is 0 Å². The highest BCUT2D eigenvalue weighted by Gasteiger charge is 2.45. The van der Waals surface area contributed by atoms with Crippen molar-refractivity contribution in [3.05, 3.63) is 118 Å². The third kappa shape index (κ3) is 1.84. The Morgan fingerprint density at radius 1 is 0.500 bits per heavy atom. The maximum Gasteiger partial charge on any atom is 0.0208 e. The molecule has 2 atom stereocenters. The van der Waals surface area contributed by atoms with Gasteiger partial charge in [-0.2, -0.15) is 0 Å². The highest BCUT2D eigenvalue weighted by Crippen LogP contribution is 2.61. The Morgan fingerprint density at radius 2 is 1.19 bits per heavy atom. The van der Waals surface area contributed by atoms with Crippen molar-refractivity contribution < 1.29 is 0 Å². The van der Waals surface area contributed by atoms with Crippen LogP contribution in [0.3, 0.4) is 0 Å². The van der Waals surface area contributed by atoms with E-state index in [4.69, 9.17) is 0 Å². The van der Waals surface area contributed by atoms with E-state index in [9.17, 15) is 0 Å². The van der Waals surface area contributed by atoms with Crippen LogP contribution >= 0.6 is 0 Å². The van der Waals surface area contributed by atoms with E-state index in [0.717, 1.165) is 0 Å². The molecular weight excluding hydrogens is 312 g/mol. The maximum atomic E-state index is 2.39. The molecule has 0 spiro atoms. The molecule has 6 rings (SSSR count). The molecule has 4 aromatic rings. The standard InChI is InChI=1S/C26H18/c1-2-6-17(7-3-1)12-13-18-14-15-20-23(16-18)26-22-11-5-9-19-8-4-10-21(24(19)22)25(20)26/h1-16,25-26H/b13-12+. The van der Waals surface area contributed by atoms with Crippen LogP contribution in [0.25, 0.3) is 22.9 Å². The summed E-state index contributed by atoms with van der Waals surface area (Å²) < 4.78 is 0. The number of benzene rings is 4. The van der Waals surface area contributed by atoms with Gasteiger partial charge in [0, 0.05) is 11.8 Å². The Hall–Kier alpha value is -3.12. The molecule has 2 aliphatic carbocycles. The van der Waals surface area contributed by atoms with Crippen molar-refractivity contribution in [1.82, 2.24) is 0 Å². The van der Waals surface area contributed by atoms with Crippen molar-refractivity contribution in [1.29, 1.82) is 0 Å². The maximum absolute atomic E-state index is 2.39. The molecule has 4 aromatic carbocycles. The van der Waals surface area contributed by atoms with Crippen LogP contribution in [0, 0.1) is 0 Å². The zero-order valence-corrected chi connectivity index (χ0v) is 14.4. The van der Waals surface area contributed by atoms with Crippen molar-refractivity contribution in [2.24, 2.45) is 0 Å². The fraction of sp³-hybridized carbons (Fsp3) is 0.0769. The summed E-state index contributed by atoms with van der Waals surface area (Å²) in [4.78, 5) is 0. The molecular formula is C26H18. The summed E-state index contributed by atoms with van der Waals surface area (Å²) >= 11 is 0. The number of hydrogen-bond acceptors (Lipinski definition) is 0. The van der Waals surface area contributed by atoms with Gasteiger partial charge in [-0.1, -0.05) is 97.1 Å². The summed E-state index contributed by atoms with van der Waals surface area (Å²) in [6, 6.07) is 31.0. The quantitative estimate of drug-likeness (QED) is 0.363. The molecule has 0 N–H and O–H groups in total. The summed E-state index contributed by atoms with van der Waals surface area (Å²) in [7, 11) is 0. The predicted octanol–water partition coefficient (Wildman–Crippen LogP) is 6.60. The first-order valence-electron chi connectivity index (χ1n) is 9.29. The summed E-state index contributed by atoms with van der Waals surface area (Å²) in [5.41, 5.74) is 8.58. The number of rotatable bonds is 2. The van der Waals surface area contributed by atoms with E-state index in [2.05, 4.69) is 97.1 Å². The van der Waals surface area contributed by atoms with Crippen LogP contribution in [0.4, 0.5) is 0 Å². The van der Waals surface area contributed by atoms with Crippen LogP contribution < -0.4 is 0 Å². The average Bonchev–Trinajstić information content (AvgIpc) is 2.97. The van der Waals surface area contributed by atoms with Crippen LogP contribution in [0.15, 0.2) is 84.9 Å². The molecule has 122 valence electrons. The van der Waals surface area contributed by atoms with Crippen molar-refractivity contribution in [2.75, 3.05) is 0 Å². The van der Waals surface area contributed by atoms with Gasteiger partial charge in [0.25, 0.3) is 0 Å². The lowest BCUT2D eigenvalue weighted by molar-refractivity contribution is 0.636. The molecule has 2 aliphatic rings. The van der Waals surface area contributed by atoms with Gasteiger partial charge in [0.1, 0.15) is 0 Å². The third-order valence-electron chi connectivity index (χ3n) is 6.02. The molecule has 26 heavy (non-hydrogen) atoms. The minimum Gasteiger partial charge on any atom is -0.0622 e. The van der Waals surface area contributed by atoms with Crippen LogP contribution in [-0.2, 0) is 0 Å². The Balaban J connectivity index is 1.44. The number of hydrogen-bond donors (Lipinski definition) is 0. The monoisotopic (exact) mass is 330 g/mol. The zero-order chi connectivity index (χ0) is 17.1. The fourth-order valence-corrected chi connectivity index (χ4v) is 4.88. The first-order chi connectivity index (χ1) is 12.9. The summed E-state index contributed by atoms with van der Waals surface area (Å²) in [5.74, 6) is 1.09. The second-order valence-corrected chi connectivity index (χ2v) is 7.38. The zero-order valence-electron chi connectivity index (χ0n) is 14.4. The molecule has 0 fully saturated rings. The number of fused-ring (bicyclic) bond motifs is 6. The molecule has 0 amide bonds. The first-order valence-corrected chi connectivity index (χ1v) is 9.29. The van der Waals surface area contributed by atoms with Crippen molar-refractivity contribution >= 4 is 22.9 Å². The molecule has 0 radical (unpaired) electrons. The highest BCUT2D eigenvalue weighted by atomic mass is 14.5. The van der Waals surface area contributed by atoms with Crippen LogP contribution in [0.5, 0.6) is 0 Å². The minimum atomic E-state index is 0.538. The lowest BCUT2D eigenvalue weighted by atomic mass is 9.66. The highest BCUT2D eigenvalue weighted by molar-refractivity contribution is 5.95. The lowest BCUT2D eigenvalue weighted by Crippen LogP contribution is -2.22. The van der Waals surface area contributed by atoms with Gasteiger partial charge in [-0.15, -0.1) is 0 Å². The van der Waals surface area contributed by atoms with E-state index >= 15 is 0 Å². The molecule has 0 saturated carbocycles. The Morgan fingerprint density at radius 3 is 1.96 bits per heavy atom. The topological polar surface area (TPSA) is 0 Å². The van der Waals surface area contributed by atoms with E-state index in [-0.39, 0.29) is 0 Å². The van der Waals surface area contributed by atoms with Crippen molar-refractivity contribution in [3.63, 3.8) is 0 Å².